The van der Waals surface area contributed by atoms with Gasteiger partial charge >= 0.3 is 0 Å². The SMILES string of the molecule is CCCS(=O)(=O)N1CC(O)(CC)C1. The number of rotatable bonds is 4. The van der Waals surface area contributed by atoms with Gasteiger partial charge in [0.2, 0.25) is 10.0 Å². The van der Waals surface area contributed by atoms with E-state index in [0.717, 1.165) is 0 Å². The lowest BCUT2D eigenvalue weighted by Crippen LogP contribution is -2.63. The van der Waals surface area contributed by atoms with Crippen molar-refractivity contribution in [3.05, 3.63) is 0 Å². The summed E-state index contributed by atoms with van der Waals surface area (Å²) in [5.41, 5.74) is -0.763. The summed E-state index contributed by atoms with van der Waals surface area (Å²) in [6, 6.07) is 0. The number of β-amino-alcohol motifs (C(OH)–C–C–N with tert-alkyl or cyclic N) is 1. The maximum atomic E-state index is 11.4. The summed E-state index contributed by atoms with van der Waals surface area (Å²) in [7, 11) is -3.08. The van der Waals surface area contributed by atoms with E-state index < -0.39 is 15.6 Å². The van der Waals surface area contributed by atoms with Crippen molar-refractivity contribution < 1.29 is 13.5 Å². The molecule has 0 amide bonds. The van der Waals surface area contributed by atoms with Crippen LogP contribution in [0, 0.1) is 0 Å². The van der Waals surface area contributed by atoms with Crippen molar-refractivity contribution in [2.75, 3.05) is 18.8 Å². The Balaban J connectivity index is 2.52. The van der Waals surface area contributed by atoms with Crippen molar-refractivity contribution in [3.63, 3.8) is 0 Å². The fraction of sp³-hybridized carbons (Fsp3) is 1.00. The molecule has 0 aromatic carbocycles. The molecule has 5 heteroatoms. The molecule has 0 aromatic heterocycles. The van der Waals surface area contributed by atoms with Crippen molar-refractivity contribution in [1.29, 1.82) is 0 Å². The van der Waals surface area contributed by atoms with Gasteiger partial charge in [-0.3, -0.25) is 0 Å². The Morgan fingerprint density at radius 3 is 2.31 bits per heavy atom. The number of sulfonamides is 1. The van der Waals surface area contributed by atoms with Gasteiger partial charge in [-0.15, -0.1) is 0 Å². The van der Waals surface area contributed by atoms with Crippen molar-refractivity contribution in [1.82, 2.24) is 4.31 Å². The molecule has 13 heavy (non-hydrogen) atoms. The van der Waals surface area contributed by atoms with E-state index in [1.165, 1.54) is 4.31 Å². The third-order valence-corrected chi connectivity index (χ3v) is 4.42. The summed E-state index contributed by atoms with van der Waals surface area (Å²) in [6.45, 7) is 4.24. The first kappa shape index (κ1) is 10.9. The van der Waals surface area contributed by atoms with E-state index in [0.29, 0.717) is 12.8 Å². The second kappa shape index (κ2) is 3.55. The summed E-state index contributed by atoms with van der Waals surface area (Å²) in [4.78, 5) is 0. The lowest BCUT2D eigenvalue weighted by atomic mass is 9.94. The summed E-state index contributed by atoms with van der Waals surface area (Å²) in [5.74, 6) is 0.187. The van der Waals surface area contributed by atoms with Crippen molar-refractivity contribution in [2.24, 2.45) is 0 Å². The van der Waals surface area contributed by atoms with E-state index in [2.05, 4.69) is 0 Å². The Hall–Kier alpha value is -0.130. The second-order valence-electron chi connectivity index (χ2n) is 3.66. The average Bonchev–Trinajstić information content (AvgIpc) is 1.98. The van der Waals surface area contributed by atoms with Crippen LogP contribution in [0.25, 0.3) is 0 Å². The van der Waals surface area contributed by atoms with Crippen LogP contribution < -0.4 is 0 Å². The lowest BCUT2D eigenvalue weighted by molar-refractivity contribution is -0.0613. The molecule has 0 aliphatic carbocycles. The molecule has 78 valence electrons. The number of nitrogens with zero attached hydrogens (tertiary/aromatic N) is 1. The van der Waals surface area contributed by atoms with Crippen LogP contribution in [0.4, 0.5) is 0 Å². The lowest BCUT2D eigenvalue weighted by Gasteiger charge is -2.44. The van der Waals surface area contributed by atoms with Gasteiger partial charge in [0.25, 0.3) is 0 Å². The smallest absolute Gasteiger partial charge is 0.214 e. The minimum absolute atomic E-state index is 0.187. The minimum atomic E-state index is -3.08. The normalized spacial score (nSPS) is 22.7. The van der Waals surface area contributed by atoms with Crippen LogP contribution in [0.1, 0.15) is 26.7 Å². The predicted octanol–water partition coefficient (Wildman–Crippen LogP) is 0.183. The zero-order valence-electron chi connectivity index (χ0n) is 8.15. The van der Waals surface area contributed by atoms with Crippen LogP contribution in [0.15, 0.2) is 0 Å². The van der Waals surface area contributed by atoms with E-state index in [4.69, 9.17) is 0 Å². The molecule has 0 radical (unpaired) electrons. The molecule has 1 aliphatic rings. The fourth-order valence-corrected chi connectivity index (χ4v) is 3.07. The highest BCUT2D eigenvalue weighted by Gasteiger charge is 2.44. The molecule has 1 N–H and O–H groups in total. The Labute approximate surface area is 79.6 Å². The fourth-order valence-electron chi connectivity index (χ4n) is 1.42. The van der Waals surface area contributed by atoms with E-state index in [-0.39, 0.29) is 18.8 Å². The maximum Gasteiger partial charge on any atom is 0.214 e. The molecule has 1 aliphatic heterocycles. The maximum absolute atomic E-state index is 11.4. The summed E-state index contributed by atoms with van der Waals surface area (Å²) < 4.78 is 24.2. The van der Waals surface area contributed by atoms with Crippen molar-refractivity contribution in [3.8, 4) is 0 Å². The zero-order chi connectivity index (χ0) is 10.1. The average molecular weight is 207 g/mol. The molecular formula is C8H17NO3S. The first-order chi connectivity index (χ1) is 5.93. The van der Waals surface area contributed by atoms with Gasteiger partial charge in [-0.05, 0) is 12.8 Å². The Morgan fingerprint density at radius 1 is 1.38 bits per heavy atom. The van der Waals surface area contributed by atoms with Crippen molar-refractivity contribution >= 4 is 10.0 Å². The van der Waals surface area contributed by atoms with Gasteiger partial charge in [-0.1, -0.05) is 13.8 Å². The van der Waals surface area contributed by atoms with Gasteiger partial charge in [-0.2, -0.15) is 4.31 Å². The molecule has 0 atom stereocenters. The molecule has 0 aromatic rings. The molecule has 1 saturated heterocycles. The molecule has 0 bridgehead atoms. The largest absolute Gasteiger partial charge is 0.387 e. The van der Waals surface area contributed by atoms with Crippen LogP contribution in [0.3, 0.4) is 0 Å². The third-order valence-electron chi connectivity index (χ3n) is 2.45. The van der Waals surface area contributed by atoms with Gasteiger partial charge in [0.1, 0.15) is 0 Å². The Morgan fingerprint density at radius 2 is 1.92 bits per heavy atom. The van der Waals surface area contributed by atoms with E-state index >= 15 is 0 Å². The molecule has 1 fully saturated rings. The van der Waals surface area contributed by atoms with Crippen LogP contribution >= 0.6 is 0 Å². The van der Waals surface area contributed by atoms with E-state index in [1.54, 1.807) is 0 Å². The predicted molar refractivity (Wildman–Crippen MR) is 50.9 cm³/mol. The van der Waals surface area contributed by atoms with Gasteiger partial charge in [0.15, 0.2) is 0 Å². The summed E-state index contributed by atoms with van der Waals surface area (Å²) >= 11 is 0. The molecule has 1 rings (SSSR count). The topological polar surface area (TPSA) is 57.6 Å². The summed E-state index contributed by atoms with van der Waals surface area (Å²) in [6.07, 6.45) is 1.24. The number of hydrogen-bond donors (Lipinski definition) is 1. The molecule has 0 unspecified atom stereocenters. The van der Waals surface area contributed by atoms with Crippen LogP contribution in [0.5, 0.6) is 0 Å². The van der Waals surface area contributed by atoms with Gasteiger partial charge in [0, 0.05) is 13.1 Å². The third kappa shape index (κ3) is 2.21. The number of hydrogen-bond acceptors (Lipinski definition) is 3. The highest BCUT2D eigenvalue weighted by Crippen LogP contribution is 2.26. The van der Waals surface area contributed by atoms with Crippen LogP contribution in [-0.4, -0.2) is 42.3 Å². The molecule has 0 saturated carbocycles. The first-order valence-electron chi connectivity index (χ1n) is 4.64. The molecule has 4 nitrogen and oxygen atoms in total. The zero-order valence-corrected chi connectivity index (χ0v) is 8.97. The Kier molecular flexibility index (Phi) is 2.99. The number of aliphatic hydroxyl groups is 1. The highest BCUT2D eigenvalue weighted by atomic mass is 32.2. The quantitative estimate of drug-likeness (QED) is 0.715. The van der Waals surface area contributed by atoms with Gasteiger partial charge in [-0.25, -0.2) is 8.42 Å². The molecule has 0 spiro atoms. The van der Waals surface area contributed by atoms with Gasteiger partial charge < -0.3 is 5.11 Å². The highest BCUT2D eigenvalue weighted by molar-refractivity contribution is 7.89. The Bertz CT molecular complexity index is 267. The van der Waals surface area contributed by atoms with Crippen LogP contribution in [0.2, 0.25) is 0 Å². The monoisotopic (exact) mass is 207 g/mol. The summed E-state index contributed by atoms with van der Waals surface area (Å²) in [5, 5.41) is 9.61. The molecular weight excluding hydrogens is 190 g/mol. The van der Waals surface area contributed by atoms with E-state index in [1.807, 2.05) is 13.8 Å². The first-order valence-corrected chi connectivity index (χ1v) is 6.24. The second-order valence-corrected chi connectivity index (χ2v) is 5.75. The van der Waals surface area contributed by atoms with Gasteiger partial charge in [0.05, 0.1) is 11.4 Å². The van der Waals surface area contributed by atoms with Crippen LogP contribution in [-0.2, 0) is 10.0 Å². The molecule has 1 heterocycles. The standard InChI is InChI=1S/C8H17NO3S/c1-3-5-13(11,12)9-6-8(10,4-2)7-9/h10H,3-7H2,1-2H3. The van der Waals surface area contributed by atoms with E-state index in [9.17, 15) is 13.5 Å². The minimum Gasteiger partial charge on any atom is -0.387 e. The van der Waals surface area contributed by atoms with Crippen molar-refractivity contribution in [2.45, 2.75) is 32.3 Å².